The Morgan fingerprint density at radius 3 is 2.30 bits per heavy atom. The van der Waals surface area contributed by atoms with Crippen molar-refractivity contribution in [1.82, 2.24) is 15.8 Å². The number of amides is 1. The maximum absolute atomic E-state index is 11.9. The fourth-order valence-electron chi connectivity index (χ4n) is 5.25. The normalized spacial score (nSPS) is 21.8. The van der Waals surface area contributed by atoms with Crippen LogP contribution in [0.25, 0.3) is 0 Å². The van der Waals surface area contributed by atoms with Crippen molar-refractivity contribution in [3.05, 3.63) is 53.1 Å². The average Bonchev–Trinajstić information content (AvgIpc) is 2.96. The summed E-state index contributed by atoms with van der Waals surface area (Å²) < 4.78 is 11.2. The van der Waals surface area contributed by atoms with Gasteiger partial charge in [0.25, 0.3) is 0 Å². The molecule has 2 heterocycles. The molecule has 7 nitrogen and oxygen atoms in total. The van der Waals surface area contributed by atoms with Crippen LogP contribution in [-0.4, -0.2) is 58.4 Å². The van der Waals surface area contributed by atoms with Crippen molar-refractivity contribution in [3.8, 4) is 11.5 Å². The number of rotatable bonds is 5. The van der Waals surface area contributed by atoms with Gasteiger partial charge in [0, 0.05) is 44.8 Å². The summed E-state index contributed by atoms with van der Waals surface area (Å²) in [6, 6.07) is 13.4. The van der Waals surface area contributed by atoms with Crippen molar-refractivity contribution in [2.75, 3.05) is 46.3 Å². The molecule has 1 saturated heterocycles. The number of fused-ring (bicyclic) bond motifs is 1. The smallest absolute Gasteiger partial charge is 0.222 e. The van der Waals surface area contributed by atoms with Gasteiger partial charge in [0.2, 0.25) is 5.91 Å². The van der Waals surface area contributed by atoms with E-state index in [1.165, 1.54) is 22.4 Å². The van der Waals surface area contributed by atoms with Gasteiger partial charge in [0.15, 0.2) is 11.5 Å². The molecule has 33 heavy (non-hydrogen) atoms. The Hall–Kier alpha value is -2.77. The minimum Gasteiger partial charge on any atom is -0.493 e. The Bertz CT molecular complexity index is 970. The summed E-state index contributed by atoms with van der Waals surface area (Å²) in [5.41, 5.74) is 8.54. The van der Waals surface area contributed by atoms with Crippen molar-refractivity contribution in [3.63, 3.8) is 0 Å². The van der Waals surface area contributed by atoms with Gasteiger partial charge in [-0.1, -0.05) is 12.1 Å². The summed E-state index contributed by atoms with van der Waals surface area (Å²) in [6.07, 6.45) is 2.70. The van der Waals surface area contributed by atoms with Crippen LogP contribution >= 0.6 is 0 Å². The number of hydrogen-bond acceptors (Lipinski definition) is 6. The third kappa shape index (κ3) is 4.80. The van der Waals surface area contributed by atoms with Crippen LogP contribution in [0.2, 0.25) is 0 Å². The van der Waals surface area contributed by atoms with Crippen molar-refractivity contribution >= 4 is 11.6 Å². The lowest BCUT2D eigenvalue weighted by Crippen LogP contribution is -2.42. The number of anilines is 1. The number of carbonyl (C=O) groups is 1. The Balaban J connectivity index is 1.60. The number of hydrazine groups is 1. The van der Waals surface area contributed by atoms with Crippen molar-refractivity contribution in [1.29, 1.82) is 0 Å². The Morgan fingerprint density at radius 1 is 1.06 bits per heavy atom. The van der Waals surface area contributed by atoms with Crippen LogP contribution in [0.1, 0.15) is 42.5 Å². The van der Waals surface area contributed by atoms with E-state index in [0.717, 1.165) is 43.9 Å². The molecule has 4 rings (SSSR count). The molecule has 2 unspecified atom stereocenters. The first kappa shape index (κ1) is 23.4. The summed E-state index contributed by atoms with van der Waals surface area (Å²) >= 11 is 0. The summed E-state index contributed by atoms with van der Waals surface area (Å²) in [5.74, 6) is 1.80. The number of carbonyl (C=O) groups excluding carboxylic acids is 1. The van der Waals surface area contributed by atoms with E-state index in [2.05, 4.69) is 71.0 Å². The molecular formula is C26H36N4O3. The van der Waals surface area contributed by atoms with Crippen LogP contribution in [0.5, 0.6) is 11.5 Å². The van der Waals surface area contributed by atoms with Gasteiger partial charge in [-0.2, -0.15) is 0 Å². The van der Waals surface area contributed by atoms with E-state index in [9.17, 15) is 4.79 Å². The number of nitrogens with zero attached hydrogens (tertiary/aromatic N) is 2. The lowest BCUT2D eigenvalue weighted by molar-refractivity contribution is -0.125. The number of hydrogen-bond donors (Lipinski definition) is 2. The van der Waals surface area contributed by atoms with Crippen molar-refractivity contribution < 1.29 is 14.3 Å². The highest BCUT2D eigenvalue weighted by molar-refractivity contribution is 5.78. The second kappa shape index (κ2) is 10.0. The molecule has 0 bridgehead atoms. The van der Waals surface area contributed by atoms with E-state index in [1.807, 2.05) is 0 Å². The predicted octanol–water partition coefficient (Wildman–Crippen LogP) is 3.14. The highest BCUT2D eigenvalue weighted by Crippen LogP contribution is 2.39. The largest absolute Gasteiger partial charge is 0.493 e. The number of methoxy groups -OCH3 is 2. The molecule has 7 heteroatoms. The van der Waals surface area contributed by atoms with E-state index < -0.39 is 0 Å². The molecule has 2 N–H and O–H groups in total. The Kier molecular flexibility index (Phi) is 7.10. The standard InChI is InChI=1S/C26H36N4O3/c1-17-14-20-15-23(32-4)24(33-5)16-22(20)25(29(3)28-17)18-6-8-21(9-7-18)30-12-10-19(11-13-30)26(31)27-2/h6-9,15-17,19,25,28H,10-14H2,1-5H3,(H,27,31). The monoisotopic (exact) mass is 452 g/mol. The van der Waals surface area contributed by atoms with Crippen LogP contribution in [0.15, 0.2) is 36.4 Å². The predicted molar refractivity (Wildman–Crippen MR) is 131 cm³/mol. The van der Waals surface area contributed by atoms with E-state index in [0.29, 0.717) is 6.04 Å². The van der Waals surface area contributed by atoms with Crippen LogP contribution in [0.3, 0.4) is 0 Å². The highest BCUT2D eigenvalue weighted by Gasteiger charge is 2.29. The van der Waals surface area contributed by atoms with Crippen molar-refractivity contribution in [2.45, 2.75) is 38.3 Å². The van der Waals surface area contributed by atoms with Crippen molar-refractivity contribution in [2.24, 2.45) is 5.92 Å². The second-order valence-electron chi connectivity index (χ2n) is 9.12. The molecule has 2 aliphatic rings. The molecule has 2 aliphatic heterocycles. The topological polar surface area (TPSA) is 66.1 Å². The van der Waals surface area contributed by atoms with E-state index in [1.54, 1.807) is 21.3 Å². The van der Waals surface area contributed by atoms with Gasteiger partial charge in [-0.15, -0.1) is 0 Å². The Labute approximate surface area is 197 Å². The molecule has 1 amide bonds. The third-order valence-corrected chi connectivity index (χ3v) is 6.96. The zero-order valence-corrected chi connectivity index (χ0v) is 20.4. The number of piperidine rings is 1. The van der Waals surface area contributed by atoms with Crippen LogP contribution in [-0.2, 0) is 11.2 Å². The first-order valence-electron chi connectivity index (χ1n) is 11.8. The first-order valence-corrected chi connectivity index (χ1v) is 11.8. The van der Waals surface area contributed by atoms with Crippen LogP contribution in [0.4, 0.5) is 5.69 Å². The van der Waals surface area contributed by atoms with Crippen LogP contribution < -0.4 is 25.1 Å². The average molecular weight is 453 g/mol. The quantitative estimate of drug-likeness (QED) is 0.727. The van der Waals surface area contributed by atoms with Gasteiger partial charge in [0.05, 0.1) is 20.3 Å². The molecule has 0 radical (unpaired) electrons. The van der Waals surface area contributed by atoms with Gasteiger partial charge in [-0.3, -0.25) is 10.2 Å². The van der Waals surface area contributed by atoms with Gasteiger partial charge < -0.3 is 19.7 Å². The number of ether oxygens (including phenoxy) is 2. The second-order valence-corrected chi connectivity index (χ2v) is 9.12. The molecule has 2 atom stereocenters. The summed E-state index contributed by atoms with van der Waals surface area (Å²) in [5, 5.41) is 4.98. The van der Waals surface area contributed by atoms with Gasteiger partial charge in [-0.05, 0) is 67.1 Å². The molecule has 2 aromatic carbocycles. The van der Waals surface area contributed by atoms with Crippen LogP contribution in [0, 0.1) is 5.92 Å². The Morgan fingerprint density at radius 2 is 1.70 bits per heavy atom. The van der Waals surface area contributed by atoms with Gasteiger partial charge in [0.1, 0.15) is 0 Å². The minimum atomic E-state index is 0.0535. The molecule has 178 valence electrons. The minimum absolute atomic E-state index is 0.0535. The fraction of sp³-hybridized carbons (Fsp3) is 0.500. The lowest BCUT2D eigenvalue weighted by Gasteiger charge is -2.33. The maximum Gasteiger partial charge on any atom is 0.222 e. The zero-order chi connectivity index (χ0) is 23.5. The molecule has 0 aromatic heterocycles. The molecule has 0 saturated carbocycles. The SMILES string of the molecule is CNC(=O)C1CCN(c2ccc(C3c4cc(OC)c(OC)cc4CC(C)NN3C)cc2)CC1. The third-order valence-electron chi connectivity index (χ3n) is 6.96. The number of benzene rings is 2. The summed E-state index contributed by atoms with van der Waals surface area (Å²) in [6.45, 7) is 4.00. The van der Waals surface area contributed by atoms with Gasteiger partial charge in [-0.25, -0.2) is 5.01 Å². The molecule has 1 fully saturated rings. The van der Waals surface area contributed by atoms with Gasteiger partial charge >= 0.3 is 0 Å². The molecular weight excluding hydrogens is 416 g/mol. The number of nitrogens with one attached hydrogen (secondary N) is 2. The zero-order valence-electron chi connectivity index (χ0n) is 20.4. The van der Waals surface area contributed by atoms with E-state index in [4.69, 9.17) is 9.47 Å². The highest BCUT2D eigenvalue weighted by atomic mass is 16.5. The lowest BCUT2D eigenvalue weighted by atomic mass is 9.91. The molecule has 0 aliphatic carbocycles. The van der Waals surface area contributed by atoms with E-state index in [-0.39, 0.29) is 17.9 Å². The summed E-state index contributed by atoms with van der Waals surface area (Å²) in [4.78, 5) is 14.3. The molecule has 2 aromatic rings. The maximum atomic E-state index is 11.9. The van der Waals surface area contributed by atoms with E-state index >= 15 is 0 Å². The fourth-order valence-corrected chi connectivity index (χ4v) is 5.25. The molecule has 0 spiro atoms. The first-order chi connectivity index (χ1) is 15.9. The summed E-state index contributed by atoms with van der Waals surface area (Å²) in [7, 11) is 7.19.